The van der Waals surface area contributed by atoms with E-state index >= 15 is 0 Å². The number of fused-ring (bicyclic) bond motifs is 7. The number of benzene rings is 2. The fraction of sp³-hybridized carbons (Fsp3) is 0.458. The molecule has 0 spiro atoms. The van der Waals surface area contributed by atoms with Crippen molar-refractivity contribution in [1.82, 2.24) is 0 Å². The number of epoxide rings is 1. The normalized spacial score (nSPS) is 33.1. The first-order valence-corrected chi connectivity index (χ1v) is 10.5. The largest absolute Gasteiger partial charge is 1.00 e. The summed E-state index contributed by atoms with van der Waals surface area (Å²) < 4.78 is 19.2. The van der Waals surface area contributed by atoms with Crippen LogP contribution in [0.3, 0.4) is 0 Å². The molecule has 2 aromatic carbocycles. The summed E-state index contributed by atoms with van der Waals surface area (Å²) in [5, 5.41) is 0. The zero-order valence-corrected chi connectivity index (χ0v) is 19.0. The minimum atomic E-state index is -0.883. The van der Waals surface area contributed by atoms with Crippen molar-refractivity contribution < 1.29 is 40.5 Å². The molecular formula is C24H26BrNO4. The molecule has 4 heterocycles. The molecule has 0 aliphatic carbocycles. The number of hydrogen-bond acceptors (Lipinski definition) is 4. The van der Waals surface area contributed by atoms with Gasteiger partial charge >= 0.3 is 5.97 Å². The van der Waals surface area contributed by atoms with E-state index in [1.54, 1.807) is 0 Å². The van der Waals surface area contributed by atoms with Crippen molar-refractivity contribution in [2.75, 3.05) is 14.1 Å². The predicted octanol–water partition coefficient (Wildman–Crippen LogP) is 0.403. The van der Waals surface area contributed by atoms with Crippen LogP contribution < -0.4 is 21.7 Å². The van der Waals surface area contributed by atoms with Crippen LogP contribution in [0.1, 0.15) is 30.9 Å². The van der Waals surface area contributed by atoms with Crippen LogP contribution in [0.5, 0.6) is 11.5 Å². The number of quaternary nitrogens is 1. The van der Waals surface area contributed by atoms with Gasteiger partial charge in [-0.25, -0.2) is 0 Å². The van der Waals surface area contributed by atoms with Crippen LogP contribution in [0.15, 0.2) is 48.5 Å². The van der Waals surface area contributed by atoms with Gasteiger partial charge in [-0.3, -0.25) is 4.79 Å². The van der Waals surface area contributed by atoms with E-state index in [0.29, 0.717) is 24.3 Å². The molecule has 4 unspecified atom stereocenters. The summed E-state index contributed by atoms with van der Waals surface area (Å²) in [6, 6.07) is 16.4. The Bertz CT molecular complexity index is 956. The standard InChI is InChI=1S/C24H26NO4.BrH/c1-24(15-8-4-6-10-19(15)28-20-11-7-5-9-16(20)24)23(26)27-14-12-17-21-22(29-21)18(13-14)25(17,2)3;/h4-11,14,17-18,21-22H,12-13H2,1-3H3;1H/q+1;/p-1. The Hall–Kier alpha value is -1.89. The highest BCUT2D eigenvalue weighted by atomic mass is 79.9. The molecule has 6 rings (SSSR count). The summed E-state index contributed by atoms with van der Waals surface area (Å²) >= 11 is 0. The third-order valence-electron chi connectivity index (χ3n) is 7.79. The van der Waals surface area contributed by atoms with Crippen molar-refractivity contribution in [3.63, 3.8) is 0 Å². The van der Waals surface area contributed by atoms with Gasteiger partial charge in [-0.1, -0.05) is 36.4 Å². The van der Waals surface area contributed by atoms with E-state index in [-0.39, 0.29) is 29.1 Å². The lowest BCUT2D eigenvalue weighted by molar-refractivity contribution is -0.938. The second-order valence-corrected chi connectivity index (χ2v) is 9.55. The molecule has 2 bridgehead atoms. The molecule has 0 amide bonds. The molecule has 2 aromatic rings. The Morgan fingerprint density at radius 3 is 2.00 bits per heavy atom. The fourth-order valence-electron chi connectivity index (χ4n) is 5.99. The Morgan fingerprint density at radius 1 is 0.967 bits per heavy atom. The summed E-state index contributed by atoms with van der Waals surface area (Å²) in [5.74, 6) is 1.26. The molecule has 0 N–H and O–H groups in total. The number of ether oxygens (including phenoxy) is 3. The Morgan fingerprint density at radius 2 is 1.47 bits per heavy atom. The zero-order chi connectivity index (χ0) is 20.0. The molecule has 158 valence electrons. The molecule has 0 radical (unpaired) electrons. The summed E-state index contributed by atoms with van der Waals surface area (Å²) in [5.41, 5.74) is 0.848. The van der Waals surface area contributed by atoms with E-state index in [1.807, 2.05) is 55.5 Å². The summed E-state index contributed by atoms with van der Waals surface area (Å²) in [6.45, 7) is 1.97. The van der Waals surface area contributed by atoms with Crippen LogP contribution in [0, 0.1) is 0 Å². The summed E-state index contributed by atoms with van der Waals surface area (Å²) in [6.07, 6.45) is 2.37. The molecule has 4 aliphatic rings. The zero-order valence-electron chi connectivity index (χ0n) is 17.4. The number of carbonyl (C=O) groups excluding carboxylic acids is 1. The van der Waals surface area contributed by atoms with E-state index < -0.39 is 5.41 Å². The van der Waals surface area contributed by atoms with Gasteiger partial charge in [0.15, 0.2) is 0 Å². The first-order valence-electron chi connectivity index (χ1n) is 10.5. The van der Waals surface area contributed by atoms with E-state index in [4.69, 9.17) is 14.2 Å². The number of halogens is 1. The summed E-state index contributed by atoms with van der Waals surface area (Å²) in [4.78, 5) is 13.7. The first-order chi connectivity index (χ1) is 13.9. The predicted molar refractivity (Wildman–Crippen MR) is 107 cm³/mol. The number of esters is 1. The minimum Gasteiger partial charge on any atom is -1.00 e. The maximum absolute atomic E-state index is 13.7. The van der Waals surface area contributed by atoms with Crippen LogP contribution >= 0.6 is 0 Å². The van der Waals surface area contributed by atoms with E-state index in [1.165, 1.54) is 0 Å². The lowest BCUT2D eigenvalue weighted by Gasteiger charge is -2.46. The number of hydrogen-bond donors (Lipinski definition) is 0. The third-order valence-corrected chi connectivity index (χ3v) is 7.79. The fourth-order valence-corrected chi connectivity index (χ4v) is 5.99. The van der Waals surface area contributed by atoms with Crippen molar-refractivity contribution in [2.45, 2.75) is 55.6 Å². The van der Waals surface area contributed by atoms with E-state index in [9.17, 15) is 4.79 Å². The number of likely N-dealkylation sites (N-methyl/N-ethyl adjacent to an activating group) is 1. The highest BCUT2D eigenvalue weighted by molar-refractivity contribution is 5.90. The number of rotatable bonds is 2. The Balaban J connectivity index is 0.00000193. The van der Waals surface area contributed by atoms with Crippen LogP contribution in [-0.4, -0.2) is 54.9 Å². The van der Waals surface area contributed by atoms with Gasteiger partial charge in [-0.15, -0.1) is 0 Å². The van der Waals surface area contributed by atoms with Crippen molar-refractivity contribution in [3.8, 4) is 11.5 Å². The van der Waals surface area contributed by atoms with Crippen molar-refractivity contribution in [2.24, 2.45) is 0 Å². The highest BCUT2D eigenvalue weighted by Crippen LogP contribution is 2.53. The van der Waals surface area contributed by atoms with Crippen molar-refractivity contribution in [3.05, 3.63) is 59.7 Å². The van der Waals surface area contributed by atoms with Gasteiger partial charge in [-0.05, 0) is 19.1 Å². The van der Waals surface area contributed by atoms with Gasteiger partial charge in [-0.2, -0.15) is 0 Å². The molecule has 6 heteroatoms. The van der Waals surface area contributed by atoms with Crippen molar-refractivity contribution >= 4 is 5.97 Å². The number of carbonyl (C=O) groups is 1. The molecule has 4 aliphatic heterocycles. The van der Waals surface area contributed by atoms with Crippen LogP contribution in [0.2, 0.25) is 0 Å². The van der Waals surface area contributed by atoms with Gasteiger partial charge < -0.3 is 35.7 Å². The molecule has 3 fully saturated rings. The molecule has 5 nitrogen and oxygen atoms in total. The van der Waals surface area contributed by atoms with Gasteiger partial charge in [0.1, 0.15) is 47.3 Å². The molecule has 3 saturated heterocycles. The van der Waals surface area contributed by atoms with Gasteiger partial charge in [0, 0.05) is 24.0 Å². The van der Waals surface area contributed by atoms with Gasteiger partial charge in [0.25, 0.3) is 0 Å². The average molecular weight is 472 g/mol. The number of para-hydroxylation sites is 2. The first kappa shape index (κ1) is 20.0. The maximum atomic E-state index is 13.7. The van der Waals surface area contributed by atoms with Crippen LogP contribution in [0.25, 0.3) is 0 Å². The Labute approximate surface area is 187 Å². The lowest BCUT2D eigenvalue weighted by atomic mass is 9.74. The number of nitrogens with zero attached hydrogens (tertiary/aromatic N) is 1. The average Bonchev–Trinajstić information content (AvgIpc) is 3.46. The second kappa shape index (κ2) is 6.55. The molecule has 0 saturated carbocycles. The number of morpholine rings is 1. The lowest BCUT2D eigenvalue weighted by Crippen LogP contribution is -3.00. The molecular weight excluding hydrogens is 446 g/mol. The minimum absolute atomic E-state index is 0. The SMILES string of the molecule is CC1(C(=O)OC2CC3C4OC4C(C2)[N+]3(C)C)c2ccccc2Oc2ccccc21.[Br-]. The monoisotopic (exact) mass is 471 g/mol. The van der Waals surface area contributed by atoms with Crippen LogP contribution in [0.4, 0.5) is 0 Å². The summed E-state index contributed by atoms with van der Waals surface area (Å²) in [7, 11) is 4.57. The Kier molecular flexibility index (Phi) is 4.38. The molecule has 0 aromatic heterocycles. The van der Waals surface area contributed by atoms with E-state index in [0.717, 1.165) is 40.0 Å². The molecule has 4 atom stereocenters. The third kappa shape index (κ3) is 2.57. The number of piperidine rings is 1. The van der Waals surface area contributed by atoms with Gasteiger partial charge in [0.2, 0.25) is 0 Å². The maximum Gasteiger partial charge on any atom is 0.321 e. The van der Waals surface area contributed by atoms with Crippen molar-refractivity contribution in [1.29, 1.82) is 0 Å². The highest BCUT2D eigenvalue weighted by Gasteiger charge is 2.71. The van der Waals surface area contributed by atoms with Crippen LogP contribution in [-0.2, 0) is 19.7 Å². The quantitative estimate of drug-likeness (QED) is 0.361. The topological polar surface area (TPSA) is 48.1 Å². The second-order valence-electron chi connectivity index (χ2n) is 9.55. The van der Waals surface area contributed by atoms with E-state index in [2.05, 4.69) is 14.1 Å². The molecule has 30 heavy (non-hydrogen) atoms. The smallest absolute Gasteiger partial charge is 0.321 e. The van der Waals surface area contributed by atoms with Gasteiger partial charge in [0.05, 0.1) is 14.1 Å².